The number of amides is 4. The quantitative estimate of drug-likeness (QED) is 0.642. The average Bonchev–Trinajstić information content (AvgIpc) is 3.32. The van der Waals surface area contributed by atoms with Crippen molar-refractivity contribution in [3.8, 4) is 5.75 Å². The summed E-state index contributed by atoms with van der Waals surface area (Å²) in [6.45, 7) is 0.586. The Balaban J connectivity index is 1.43. The zero-order valence-electron chi connectivity index (χ0n) is 15.6. The molecule has 8 nitrogen and oxygen atoms in total. The van der Waals surface area contributed by atoms with Crippen LogP contribution in [-0.2, 0) is 22.6 Å². The van der Waals surface area contributed by atoms with E-state index in [-0.39, 0.29) is 31.2 Å². The van der Waals surface area contributed by atoms with Gasteiger partial charge < -0.3 is 19.8 Å². The molecule has 1 aromatic heterocycles. The van der Waals surface area contributed by atoms with Crippen molar-refractivity contribution >= 4 is 17.8 Å². The van der Waals surface area contributed by atoms with Crippen LogP contribution in [0.2, 0.25) is 0 Å². The third-order valence-corrected chi connectivity index (χ3v) is 4.59. The minimum absolute atomic E-state index is 0.143. The van der Waals surface area contributed by atoms with Gasteiger partial charge in [0.1, 0.15) is 17.6 Å². The van der Waals surface area contributed by atoms with Gasteiger partial charge in [-0.3, -0.25) is 14.5 Å². The standard InChI is InChI=1S/C20H23N3O5/c1-27-15-6-4-14(5-7-15)10-11-23-19(25)17(22-20(23)26)8-9-18(24)21-13-16-3-2-12-28-16/h2-7,12,17H,8-11,13H2,1H3,(H,21,24)(H,22,26)/t17-/m0/s1. The summed E-state index contributed by atoms with van der Waals surface area (Å²) in [5.41, 5.74) is 1.00. The Morgan fingerprint density at radius 2 is 2.04 bits per heavy atom. The number of carbonyl (C=O) groups is 3. The molecule has 0 unspecified atom stereocenters. The van der Waals surface area contributed by atoms with E-state index in [1.54, 1.807) is 19.2 Å². The Kier molecular flexibility index (Phi) is 6.31. The number of ether oxygens (including phenoxy) is 1. The summed E-state index contributed by atoms with van der Waals surface area (Å²) >= 11 is 0. The number of nitrogens with zero attached hydrogens (tertiary/aromatic N) is 1. The van der Waals surface area contributed by atoms with Crippen LogP contribution in [0.3, 0.4) is 0 Å². The summed E-state index contributed by atoms with van der Waals surface area (Å²) in [4.78, 5) is 37.7. The van der Waals surface area contributed by atoms with E-state index in [4.69, 9.17) is 9.15 Å². The van der Waals surface area contributed by atoms with E-state index in [2.05, 4.69) is 10.6 Å². The molecule has 2 N–H and O–H groups in total. The van der Waals surface area contributed by atoms with Crippen molar-refractivity contribution < 1.29 is 23.5 Å². The fourth-order valence-electron chi connectivity index (χ4n) is 2.98. The molecule has 1 saturated heterocycles. The molecule has 0 spiro atoms. The third-order valence-electron chi connectivity index (χ3n) is 4.59. The number of urea groups is 1. The minimum atomic E-state index is -0.669. The van der Waals surface area contributed by atoms with E-state index in [1.807, 2.05) is 24.3 Å². The molecule has 0 radical (unpaired) electrons. The molecular formula is C20H23N3O5. The van der Waals surface area contributed by atoms with Gasteiger partial charge in [-0.1, -0.05) is 12.1 Å². The Morgan fingerprint density at radius 3 is 2.71 bits per heavy atom. The van der Waals surface area contributed by atoms with Crippen LogP contribution in [0.5, 0.6) is 5.75 Å². The SMILES string of the molecule is COc1ccc(CCN2C(=O)N[C@@H](CCC(=O)NCc3ccco3)C2=O)cc1. The Labute approximate surface area is 162 Å². The predicted molar refractivity (Wildman–Crippen MR) is 101 cm³/mol. The van der Waals surface area contributed by atoms with Crippen molar-refractivity contribution in [1.82, 2.24) is 15.5 Å². The zero-order chi connectivity index (χ0) is 19.9. The number of furan rings is 1. The monoisotopic (exact) mass is 385 g/mol. The first-order valence-corrected chi connectivity index (χ1v) is 9.10. The van der Waals surface area contributed by atoms with Crippen LogP contribution < -0.4 is 15.4 Å². The van der Waals surface area contributed by atoms with E-state index in [9.17, 15) is 14.4 Å². The lowest BCUT2D eigenvalue weighted by Crippen LogP contribution is -2.33. The first kappa shape index (κ1) is 19.5. The summed E-state index contributed by atoms with van der Waals surface area (Å²) in [7, 11) is 1.60. The lowest BCUT2D eigenvalue weighted by Gasteiger charge is -2.13. The molecule has 3 rings (SSSR count). The van der Waals surface area contributed by atoms with Crippen LogP contribution in [0.1, 0.15) is 24.2 Å². The molecule has 1 aromatic carbocycles. The maximum atomic E-state index is 12.5. The van der Waals surface area contributed by atoms with Gasteiger partial charge in [0.15, 0.2) is 0 Å². The zero-order valence-corrected chi connectivity index (χ0v) is 15.6. The number of imide groups is 1. The largest absolute Gasteiger partial charge is 0.497 e. The van der Waals surface area contributed by atoms with Crippen LogP contribution in [-0.4, -0.2) is 42.4 Å². The van der Waals surface area contributed by atoms with E-state index < -0.39 is 12.1 Å². The second-order valence-corrected chi connectivity index (χ2v) is 6.48. The van der Waals surface area contributed by atoms with E-state index in [0.29, 0.717) is 18.7 Å². The Hall–Kier alpha value is -3.29. The van der Waals surface area contributed by atoms with Crippen LogP contribution in [0.4, 0.5) is 4.79 Å². The fraction of sp³-hybridized carbons (Fsp3) is 0.350. The second-order valence-electron chi connectivity index (χ2n) is 6.48. The molecule has 2 heterocycles. The van der Waals surface area contributed by atoms with Gasteiger partial charge in [0, 0.05) is 13.0 Å². The highest BCUT2D eigenvalue weighted by Gasteiger charge is 2.37. The van der Waals surface area contributed by atoms with Crippen LogP contribution >= 0.6 is 0 Å². The average molecular weight is 385 g/mol. The predicted octanol–water partition coefficient (Wildman–Crippen LogP) is 1.85. The van der Waals surface area contributed by atoms with E-state index in [0.717, 1.165) is 11.3 Å². The molecule has 0 aliphatic carbocycles. The van der Waals surface area contributed by atoms with Gasteiger partial charge in [0.05, 0.1) is 19.9 Å². The summed E-state index contributed by atoms with van der Waals surface area (Å²) in [6.07, 6.45) is 2.49. The fourth-order valence-corrected chi connectivity index (χ4v) is 2.98. The van der Waals surface area contributed by atoms with Crippen molar-refractivity contribution in [3.63, 3.8) is 0 Å². The molecule has 1 aliphatic heterocycles. The number of nitrogens with one attached hydrogen (secondary N) is 2. The van der Waals surface area contributed by atoms with Crippen molar-refractivity contribution in [2.24, 2.45) is 0 Å². The highest BCUT2D eigenvalue weighted by Crippen LogP contribution is 2.15. The van der Waals surface area contributed by atoms with Crippen molar-refractivity contribution in [3.05, 3.63) is 54.0 Å². The first-order chi connectivity index (χ1) is 13.6. The molecule has 0 bridgehead atoms. The second kappa shape index (κ2) is 9.07. The number of benzene rings is 1. The normalized spacial score (nSPS) is 16.2. The van der Waals surface area contributed by atoms with Crippen LogP contribution in [0.15, 0.2) is 47.1 Å². The van der Waals surface area contributed by atoms with Crippen molar-refractivity contribution in [2.75, 3.05) is 13.7 Å². The van der Waals surface area contributed by atoms with Crippen LogP contribution in [0.25, 0.3) is 0 Å². The highest BCUT2D eigenvalue weighted by atomic mass is 16.5. The van der Waals surface area contributed by atoms with Gasteiger partial charge in [0.2, 0.25) is 5.91 Å². The molecule has 8 heteroatoms. The molecule has 0 saturated carbocycles. The number of carbonyl (C=O) groups excluding carboxylic acids is 3. The molecular weight excluding hydrogens is 362 g/mol. The first-order valence-electron chi connectivity index (χ1n) is 9.10. The highest BCUT2D eigenvalue weighted by molar-refractivity contribution is 6.04. The van der Waals surface area contributed by atoms with Crippen molar-refractivity contribution in [1.29, 1.82) is 0 Å². The molecule has 1 atom stereocenters. The summed E-state index contributed by atoms with van der Waals surface area (Å²) < 4.78 is 10.3. The minimum Gasteiger partial charge on any atom is -0.497 e. The van der Waals surface area contributed by atoms with Gasteiger partial charge in [-0.15, -0.1) is 0 Å². The molecule has 1 fully saturated rings. The lowest BCUT2D eigenvalue weighted by atomic mass is 10.1. The molecule has 28 heavy (non-hydrogen) atoms. The van der Waals surface area contributed by atoms with E-state index in [1.165, 1.54) is 11.2 Å². The van der Waals surface area contributed by atoms with Gasteiger partial charge in [-0.25, -0.2) is 4.79 Å². The third kappa shape index (κ3) is 4.91. The Morgan fingerprint density at radius 1 is 1.25 bits per heavy atom. The summed E-state index contributed by atoms with van der Waals surface area (Å²) in [6, 6.07) is 9.90. The van der Waals surface area contributed by atoms with Gasteiger partial charge in [-0.05, 0) is 42.7 Å². The maximum Gasteiger partial charge on any atom is 0.324 e. The van der Waals surface area contributed by atoms with E-state index >= 15 is 0 Å². The maximum absolute atomic E-state index is 12.5. The summed E-state index contributed by atoms with van der Waals surface area (Å²) in [5.74, 6) is 0.917. The van der Waals surface area contributed by atoms with Crippen LogP contribution in [0, 0.1) is 0 Å². The smallest absolute Gasteiger partial charge is 0.324 e. The Bertz CT molecular complexity index is 817. The summed E-state index contributed by atoms with van der Waals surface area (Å²) in [5, 5.41) is 5.37. The number of methoxy groups -OCH3 is 1. The topological polar surface area (TPSA) is 101 Å². The number of hydrogen-bond acceptors (Lipinski definition) is 5. The van der Waals surface area contributed by atoms with Crippen molar-refractivity contribution in [2.45, 2.75) is 31.8 Å². The van der Waals surface area contributed by atoms with Gasteiger partial charge >= 0.3 is 6.03 Å². The lowest BCUT2D eigenvalue weighted by molar-refractivity contribution is -0.127. The van der Waals surface area contributed by atoms with Gasteiger partial charge in [0.25, 0.3) is 5.91 Å². The van der Waals surface area contributed by atoms with Gasteiger partial charge in [-0.2, -0.15) is 0 Å². The molecule has 1 aliphatic rings. The molecule has 2 aromatic rings. The number of rotatable bonds is 9. The molecule has 148 valence electrons. The molecule has 4 amide bonds. The number of hydrogen-bond donors (Lipinski definition) is 2.